The minimum absolute atomic E-state index is 0.0300. The molecule has 0 aliphatic heterocycles. The molecule has 0 aliphatic carbocycles. The van der Waals surface area contributed by atoms with Crippen molar-refractivity contribution in [2.24, 2.45) is 0 Å². The third kappa shape index (κ3) is 2.09. The van der Waals surface area contributed by atoms with Crippen LogP contribution in [-0.4, -0.2) is 14.5 Å². The highest BCUT2D eigenvalue weighted by atomic mass is 32.1. The molecule has 4 nitrogen and oxygen atoms in total. The van der Waals surface area contributed by atoms with Crippen molar-refractivity contribution >= 4 is 32.9 Å². The van der Waals surface area contributed by atoms with Crippen LogP contribution in [0.3, 0.4) is 0 Å². The van der Waals surface area contributed by atoms with Gasteiger partial charge in [0.15, 0.2) is 0 Å². The lowest BCUT2D eigenvalue weighted by molar-refractivity contribution is 0.742. The maximum absolute atomic E-state index is 12.6. The minimum atomic E-state index is 0.0300. The summed E-state index contributed by atoms with van der Waals surface area (Å²) in [5.74, 6) is 0. The predicted molar refractivity (Wildman–Crippen MR) is 84.0 cm³/mol. The number of hydrogen-bond donors (Lipinski definition) is 0. The number of rotatable bonds is 2. The van der Waals surface area contributed by atoms with E-state index in [1.807, 2.05) is 27.7 Å². The molecule has 3 aromatic heterocycles. The molecule has 0 bridgehead atoms. The Labute approximate surface area is 124 Å². The second-order valence-electron chi connectivity index (χ2n) is 4.89. The Morgan fingerprint density at radius 3 is 2.55 bits per heavy atom. The molecular weight excluding hydrogens is 290 g/mol. The van der Waals surface area contributed by atoms with Gasteiger partial charge in [-0.25, -0.2) is 9.97 Å². The molecule has 0 N–H and O–H groups in total. The van der Waals surface area contributed by atoms with Crippen molar-refractivity contribution in [1.82, 2.24) is 14.5 Å². The molecular formula is C14H15N3OS2. The molecule has 0 unspecified atom stereocenters. The molecule has 0 aromatic carbocycles. The van der Waals surface area contributed by atoms with Crippen molar-refractivity contribution in [2.75, 3.05) is 0 Å². The highest BCUT2D eigenvalue weighted by Crippen LogP contribution is 2.25. The van der Waals surface area contributed by atoms with Crippen LogP contribution in [0.25, 0.3) is 10.2 Å². The van der Waals surface area contributed by atoms with Crippen molar-refractivity contribution < 1.29 is 0 Å². The molecule has 3 rings (SSSR count). The molecule has 0 amide bonds. The number of thiazole rings is 1. The van der Waals surface area contributed by atoms with E-state index >= 15 is 0 Å². The van der Waals surface area contributed by atoms with Gasteiger partial charge in [-0.3, -0.25) is 9.36 Å². The van der Waals surface area contributed by atoms with Crippen molar-refractivity contribution in [3.05, 3.63) is 42.7 Å². The standard InChI is InChI=1S/C14H15N3OS2/c1-7-9(3)20-13-12(7)14(18)17(6-15-13)5-11-16-8(2)10(4)19-11/h6H,5H2,1-4H3. The molecule has 104 valence electrons. The van der Waals surface area contributed by atoms with Gasteiger partial charge in [-0.1, -0.05) is 0 Å². The number of aryl methyl sites for hydroxylation is 4. The van der Waals surface area contributed by atoms with Crippen LogP contribution < -0.4 is 5.56 Å². The Kier molecular flexibility index (Phi) is 3.22. The SMILES string of the molecule is Cc1nc(Cn2cnc3sc(C)c(C)c3c2=O)sc1C. The topological polar surface area (TPSA) is 47.8 Å². The lowest BCUT2D eigenvalue weighted by Crippen LogP contribution is -2.21. The maximum Gasteiger partial charge on any atom is 0.262 e. The van der Waals surface area contributed by atoms with Crippen molar-refractivity contribution in [1.29, 1.82) is 0 Å². The molecule has 0 fully saturated rings. The van der Waals surface area contributed by atoms with Gasteiger partial charge in [0.05, 0.1) is 24.0 Å². The number of hydrogen-bond acceptors (Lipinski definition) is 5. The number of thiophene rings is 1. The maximum atomic E-state index is 12.6. The second kappa shape index (κ2) is 4.79. The lowest BCUT2D eigenvalue weighted by Gasteiger charge is -2.02. The van der Waals surface area contributed by atoms with Crippen molar-refractivity contribution in [3.8, 4) is 0 Å². The minimum Gasteiger partial charge on any atom is -0.292 e. The van der Waals surface area contributed by atoms with E-state index in [1.165, 1.54) is 4.88 Å². The summed E-state index contributed by atoms with van der Waals surface area (Å²) in [4.78, 5) is 24.6. The number of aromatic nitrogens is 3. The van der Waals surface area contributed by atoms with Crippen LogP contribution in [-0.2, 0) is 6.54 Å². The molecule has 0 aliphatic rings. The van der Waals surface area contributed by atoms with Crippen LogP contribution in [0.5, 0.6) is 0 Å². The summed E-state index contributed by atoms with van der Waals surface area (Å²) in [5, 5.41) is 1.70. The Bertz CT molecular complexity index is 838. The predicted octanol–water partition coefficient (Wildman–Crippen LogP) is 3.20. The van der Waals surface area contributed by atoms with Gasteiger partial charge in [-0.05, 0) is 33.3 Å². The monoisotopic (exact) mass is 305 g/mol. The molecule has 0 radical (unpaired) electrons. The highest BCUT2D eigenvalue weighted by molar-refractivity contribution is 7.18. The first-order valence-electron chi connectivity index (χ1n) is 6.35. The molecule has 0 saturated heterocycles. The fraction of sp³-hybridized carbons (Fsp3) is 0.357. The van der Waals surface area contributed by atoms with Gasteiger partial charge in [0, 0.05) is 9.75 Å². The van der Waals surface area contributed by atoms with Crippen LogP contribution in [0.15, 0.2) is 11.1 Å². The van der Waals surface area contributed by atoms with Crippen LogP contribution in [0, 0.1) is 27.7 Å². The molecule has 0 atom stereocenters. The quantitative estimate of drug-likeness (QED) is 0.730. The van der Waals surface area contributed by atoms with Gasteiger partial charge < -0.3 is 0 Å². The van der Waals surface area contributed by atoms with Crippen molar-refractivity contribution in [3.63, 3.8) is 0 Å². The van der Waals surface area contributed by atoms with E-state index in [0.717, 1.165) is 31.4 Å². The first-order valence-corrected chi connectivity index (χ1v) is 7.98. The fourth-order valence-electron chi connectivity index (χ4n) is 2.14. The fourth-order valence-corrected chi connectivity index (χ4v) is 4.06. The van der Waals surface area contributed by atoms with Crippen LogP contribution >= 0.6 is 22.7 Å². The zero-order chi connectivity index (χ0) is 14.4. The second-order valence-corrected chi connectivity index (χ2v) is 7.38. The van der Waals surface area contributed by atoms with Gasteiger partial charge in [-0.15, -0.1) is 22.7 Å². The third-order valence-corrected chi connectivity index (χ3v) is 5.71. The summed E-state index contributed by atoms with van der Waals surface area (Å²) in [6, 6.07) is 0. The molecule has 3 aromatic rings. The van der Waals surface area contributed by atoms with Gasteiger partial charge >= 0.3 is 0 Å². The van der Waals surface area contributed by atoms with Gasteiger partial charge in [-0.2, -0.15) is 0 Å². The summed E-state index contributed by atoms with van der Waals surface area (Å²) < 4.78 is 1.65. The van der Waals surface area contributed by atoms with E-state index in [0.29, 0.717) is 6.54 Å². The number of fused-ring (bicyclic) bond motifs is 1. The van der Waals surface area contributed by atoms with Gasteiger partial charge in [0.1, 0.15) is 9.84 Å². The Morgan fingerprint density at radius 1 is 1.15 bits per heavy atom. The van der Waals surface area contributed by atoms with E-state index in [9.17, 15) is 4.79 Å². The molecule has 0 saturated carbocycles. The normalized spacial score (nSPS) is 11.4. The van der Waals surface area contributed by atoms with Crippen molar-refractivity contribution in [2.45, 2.75) is 34.2 Å². The van der Waals surface area contributed by atoms with Gasteiger partial charge in [0.25, 0.3) is 5.56 Å². The van der Waals surface area contributed by atoms with E-state index in [1.54, 1.807) is 33.6 Å². The smallest absolute Gasteiger partial charge is 0.262 e. The van der Waals surface area contributed by atoms with E-state index in [-0.39, 0.29) is 5.56 Å². The molecule has 3 heterocycles. The van der Waals surface area contributed by atoms with E-state index < -0.39 is 0 Å². The molecule has 20 heavy (non-hydrogen) atoms. The summed E-state index contributed by atoms with van der Waals surface area (Å²) >= 11 is 3.21. The summed E-state index contributed by atoms with van der Waals surface area (Å²) in [5.41, 5.74) is 2.11. The van der Waals surface area contributed by atoms with Gasteiger partial charge in [0.2, 0.25) is 0 Å². The van der Waals surface area contributed by atoms with Crippen LogP contribution in [0.4, 0.5) is 0 Å². The molecule has 0 spiro atoms. The first kappa shape index (κ1) is 13.5. The summed E-state index contributed by atoms with van der Waals surface area (Å²) in [6.07, 6.45) is 1.63. The van der Waals surface area contributed by atoms with Crippen LogP contribution in [0.1, 0.15) is 26.0 Å². The zero-order valence-corrected chi connectivity index (χ0v) is 13.5. The number of nitrogens with zero attached hydrogens (tertiary/aromatic N) is 3. The largest absolute Gasteiger partial charge is 0.292 e. The molecule has 6 heteroatoms. The summed E-state index contributed by atoms with van der Waals surface area (Å²) in [6.45, 7) is 8.55. The highest BCUT2D eigenvalue weighted by Gasteiger charge is 2.13. The Balaban J connectivity index is 2.10. The van der Waals surface area contributed by atoms with E-state index in [2.05, 4.69) is 9.97 Å². The average molecular weight is 305 g/mol. The lowest BCUT2D eigenvalue weighted by atomic mass is 10.2. The average Bonchev–Trinajstić information content (AvgIpc) is 2.85. The first-order chi connectivity index (χ1) is 9.47. The van der Waals surface area contributed by atoms with Crippen LogP contribution in [0.2, 0.25) is 0 Å². The summed E-state index contributed by atoms with van der Waals surface area (Å²) in [7, 11) is 0. The zero-order valence-electron chi connectivity index (χ0n) is 11.9. The Hall–Kier alpha value is -1.53. The third-order valence-electron chi connectivity index (χ3n) is 3.53. The Morgan fingerprint density at radius 2 is 1.90 bits per heavy atom. The van der Waals surface area contributed by atoms with E-state index in [4.69, 9.17) is 0 Å².